The monoisotopic (exact) mass is 354 g/mol. The van der Waals surface area contributed by atoms with Crippen molar-refractivity contribution in [3.8, 4) is 23.7 Å². The maximum absolute atomic E-state index is 3.29. The molecule has 0 aliphatic heterocycles. The first-order valence-corrected chi connectivity index (χ1v) is 10.4. The summed E-state index contributed by atoms with van der Waals surface area (Å²) in [6.07, 6.45) is 9.69. The van der Waals surface area contributed by atoms with E-state index in [2.05, 4.69) is 54.9 Å². The van der Waals surface area contributed by atoms with Gasteiger partial charge in [0.1, 0.15) is 0 Å². The van der Waals surface area contributed by atoms with E-state index in [4.69, 9.17) is 0 Å². The van der Waals surface area contributed by atoms with E-state index in [0.717, 1.165) is 28.5 Å². The zero-order valence-electron chi connectivity index (χ0n) is 16.7. The first-order valence-electron chi connectivity index (χ1n) is 10.4. The predicted octanol–water partition coefficient (Wildman–Crippen LogP) is 6.92. The van der Waals surface area contributed by atoms with Crippen molar-refractivity contribution in [3.05, 3.63) is 70.8 Å². The largest absolute Gasteiger partial charge is 0.101 e. The molecule has 0 radical (unpaired) electrons. The molecule has 3 rings (SSSR count). The Morgan fingerprint density at radius 1 is 0.741 bits per heavy atom. The molecule has 0 spiro atoms. The fraction of sp³-hybridized carbons (Fsp3) is 0.407. The van der Waals surface area contributed by atoms with Crippen LogP contribution in [-0.4, -0.2) is 0 Å². The third-order valence-corrected chi connectivity index (χ3v) is 5.70. The Kier molecular flexibility index (Phi) is 7.19. The van der Waals surface area contributed by atoms with Crippen molar-refractivity contribution >= 4 is 0 Å². The van der Waals surface area contributed by atoms with Crippen LogP contribution in [0.4, 0.5) is 0 Å². The highest BCUT2D eigenvalue weighted by atomic mass is 14.3. The molecule has 0 nitrogen and oxygen atoms in total. The first-order chi connectivity index (χ1) is 13.3. The summed E-state index contributed by atoms with van der Waals surface area (Å²) in [5.74, 6) is 14.2. The summed E-state index contributed by atoms with van der Waals surface area (Å²) in [5, 5.41) is 0. The molecule has 2 aromatic rings. The molecule has 0 N–H and O–H groups in total. The lowest BCUT2D eigenvalue weighted by molar-refractivity contribution is 0.304. The first kappa shape index (κ1) is 19.3. The van der Waals surface area contributed by atoms with Crippen LogP contribution < -0.4 is 0 Å². The second kappa shape index (κ2) is 10.0. The molecule has 0 amide bonds. The van der Waals surface area contributed by atoms with E-state index in [1.54, 1.807) is 0 Å². The van der Waals surface area contributed by atoms with Gasteiger partial charge in [0.15, 0.2) is 0 Å². The number of benzene rings is 2. The van der Waals surface area contributed by atoms with Gasteiger partial charge in [0.2, 0.25) is 0 Å². The molecule has 0 aromatic heterocycles. The van der Waals surface area contributed by atoms with Gasteiger partial charge in [-0.1, -0.05) is 56.1 Å². The summed E-state index contributed by atoms with van der Waals surface area (Å²) >= 11 is 0. The topological polar surface area (TPSA) is 0 Å². The maximum atomic E-state index is 3.29. The highest BCUT2D eigenvalue weighted by molar-refractivity contribution is 5.46. The Labute approximate surface area is 165 Å². The Morgan fingerprint density at radius 3 is 1.78 bits per heavy atom. The molecule has 0 heterocycles. The SMILES string of the molecule is CC#Cc1ccc(C#Cc2ccc(C3CCC(CCCC)CC3)cc2)cc1. The summed E-state index contributed by atoms with van der Waals surface area (Å²) in [5.41, 5.74) is 4.66. The summed E-state index contributed by atoms with van der Waals surface area (Å²) in [6, 6.07) is 17.1. The van der Waals surface area contributed by atoms with Crippen LogP contribution in [0.15, 0.2) is 48.5 Å². The standard InChI is InChI=1S/C27H30/c1-3-5-7-23-14-18-26(19-15-23)27-20-16-25(17-21-27)13-12-24-10-8-22(6-4-2)9-11-24/h8-11,16-17,20-21,23,26H,3,5,7,14-15,18-19H2,1-2H3. The molecule has 0 bridgehead atoms. The van der Waals surface area contributed by atoms with Crippen LogP contribution in [0.3, 0.4) is 0 Å². The van der Waals surface area contributed by atoms with Gasteiger partial charge in [0, 0.05) is 16.7 Å². The van der Waals surface area contributed by atoms with E-state index in [9.17, 15) is 0 Å². The zero-order chi connectivity index (χ0) is 18.9. The Morgan fingerprint density at radius 2 is 1.26 bits per heavy atom. The molecule has 2 aromatic carbocycles. The van der Waals surface area contributed by atoms with Crippen LogP contribution in [-0.2, 0) is 0 Å². The van der Waals surface area contributed by atoms with Crippen LogP contribution in [0.2, 0.25) is 0 Å². The molecule has 138 valence electrons. The van der Waals surface area contributed by atoms with Crippen molar-refractivity contribution in [1.29, 1.82) is 0 Å². The normalized spacial score (nSPS) is 18.7. The minimum absolute atomic E-state index is 0.747. The lowest BCUT2D eigenvalue weighted by Crippen LogP contribution is -2.13. The Bertz CT molecular complexity index is 823. The van der Waals surface area contributed by atoms with Gasteiger partial charge in [-0.2, -0.15) is 0 Å². The van der Waals surface area contributed by atoms with E-state index in [1.165, 1.54) is 50.5 Å². The Hall–Kier alpha value is -2.44. The molecule has 0 atom stereocenters. The van der Waals surface area contributed by atoms with Crippen LogP contribution >= 0.6 is 0 Å². The molecule has 27 heavy (non-hydrogen) atoms. The number of hydrogen-bond acceptors (Lipinski definition) is 0. The molecule has 0 saturated heterocycles. The predicted molar refractivity (Wildman–Crippen MR) is 116 cm³/mol. The average molecular weight is 355 g/mol. The van der Waals surface area contributed by atoms with Crippen LogP contribution in [0.1, 0.15) is 87.0 Å². The maximum Gasteiger partial charge on any atom is 0.0249 e. The number of hydrogen-bond donors (Lipinski definition) is 0. The smallest absolute Gasteiger partial charge is 0.0249 e. The van der Waals surface area contributed by atoms with Gasteiger partial charge in [-0.3, -0.25) is 0 Å². The summed E-state index contributed by atoms with van der Waals surface area (Å²) in [7, 11) is 0. The molecular weight excluding hydrogens is 324 g/mol. The minimum Gasteiger partial charge on any atom is -0.101 e. The van der Waals surface area contributed by atoms with E-state index >= 15 is 0 Å². The van der Waals surface area contributed by atoms with Crippen molar-refractivity contribution in [2.75, 3.05) is 0 Å². The van der Waals surface area contributed by atoms with Crippen LogP contribution in [0, 0.1) is 29.6 Å². The third-order valence-electron chi connectivity index (χ3n) is 5.70. The molecule has 1 saturated carbocycles. The molecule has 1 aliphatic rings. The van der Waals surface area contributed by atoms with E-state index < -0.39 is 0 Å². The zero-order valence-corrected chi connectivity index (χ0v) is 16.7. The van der Waals surface area contributed by atoms with Gasteiger partial charge in [-0.15, -0.1) is 5.92 Å². The number of rotatable bonds is 4. The fourth-order valence-corrected chi connectivity index (χ4v) is 4.04. The van der Waals surface area contributed by atoms with Gasteiger partial charge in [0.25, 0.3) is 0 Å². The van der Waals surface area contributed by atoms with Crippen molar-refractivity contribution in [3.63, 3.8) is 0 Å². The fourth-order valence-electron chi connectivity index (χ4n) is 4.04. The molecule has 0 heteroatoms. The molecule has 1 fully saturated rings. The average Bonchev–Trinajstić information content (AvgIpc) is 2.73. The van der Waals surface area contributed by atoms with E-state index in [-0.39, 0.29) is 0 Å². The van der Waals surface area contributed by atoms with Crippen molar-refractivity contribution in [2.24, 2.45) is 5.92 Å². The van der Waals surface area contributed by atoms with Gasteiger partial charge < -0.3 is 0 Å². The molecule has 1 aliphatic carbocycles. The van der Waals surface area contributed by atoms with Crippen LogP contribution in [0.25, 0.3) is 0 Å². The minimum atomic E-state index is 0.747. The van der Waals surface area contributed by atoms with Gasteiger partial charge in [-0.25, -0.2) is 0 Å². The highest BCUT2D eigenvalue weighted by Gasteiger charge is 2.21. The second-order valence-electron chi connectivity index (χ2n) is 7.68. The van der Waals surface area contributed by atoms with Crippen molar-refractivity contribution in [1.82, 2.24) is 0 Å². The van der Waals surface area contributed by atoms with E-state index in [1.807, 2.05) is 31.2 Å². The second-order valence-corrected chi connectivity index (χ2v) is 7.68. The van der Waals surface area contributed by atoms with Crippen molar-refractivity contribution < 1.29 is 0 Å². The van der Waals surface area contributed by atoms with Crippen molar-refractivity contribution in [2.45, 2.75) is 64.7 Å². The van der Waals surface area contributed by atoms with Gasteiger partial charge >= 0.3 is 0 Å². The summed E-state index contributed by atoms with van der Waals surface area (Å²) in [6.45, 7) is 4.15. The third kappa shape index (κ3) is 5.77. The number of unbranched alkanes of at least 4 members (excludes halogenated alkanes) is 1. The Balaban J connectivity index is 1.57. The van der Waals surface area contributed by atoms with Gasteiger partial charge in [0.05, 0.1) is 0 Å². The van der Waals surface area contributed by atoms with Crippen LogP contribution in [0.5, 0.6) is 0 Å². The van der Waals surface area contributed by atoms with Gasteiger partial charge in [-0.05, 0) is 86.4 Å². The quantitative estimate of drug-likeness (QED) is 0.523. The highest BCUT2D eigenvalue weighted by Crippen LogP contribution is 2.37. The molecule has 0 unspecified atom stereocenters. The summed E-state index contributed by atoms with van der Waals surface area (Å²) < 4.78 is 0. The lowest BCUT2D eigenvalue weighted by atomic mass is 9.77. The molecular formula is C27H30. The summed E-state index contributed by atoms with van der Waals surface area (Å²) in [4.78, 5) is 0. The lowest BCUT2D eigenvalue weighted by Gasteiger charge is -2.28. The van der Waals surface area contributed by atoms with E-state index in [0.29, 0.717) is 0 Å².